The standard InChI is InChI=1S/C10H11Cl2NO2/c1-7(14)13-4-5-15-10-6-8(11)2-3-9(10)12/h2-3,6H,4-5H2,1H3,(H,13,14). The number of carbonyl (C=O) groups excluding carboxylic acids is 1. The maximum Gasteiger partial charge on any atom is 0.216 e. The number of hydrogen-bond acceptors (Lipinski definition) is 2. The smallest absolute Gasteiger partial charge is 0.216 e. The van der Waals surface area contributed by atoms with Gasteiger partial charge in [-0.15, -0.1) is 0 Å². The zero-order valence-corrected chi connectivity index (χ0v) is 9.73. The lowest BCUT2D eigenvalue weighted by Crippen LogP contribution is -2.25. The highest BCUT2D eigenvalue weighted by molar-refractivity contribution is 6.34. The molecule has 0 atom stereocenters. The number of nitrogens with one attached hydrogen (secondary N) is 1. The summed E-state index contributed by atoms with van der Waals surface area (Å²) in [4.78, 5) is 10.6. The van der Waals surface area contributed by atoms with Crippen molar-refractivity contribution >= 4 is 29.1 Å². The van der Waals surface area contributed by atoms with Crippen LogP contribution >= 0.6 is 23.2 Å². The van der Waals surface area contributed by atoms with Gasteiger partial charge in [0.2, 0.25) is 5.91 Å². The van der Waals surface area contributed by atoms with Crippen LogP contribution in [0.4, 0.5) is 0 Å². The summed E-state index contributed by atoms with van der Waals surface area (Å²) in [6, 6.07) is 4.99. The summed E-state index contributed by atoms with van der Waals surface area (Å²) in [5.74, 6) is 0.435. The first-order chi connectivity index (χ1) is 7.09. The summed E-state index contributed by atoms with van der Waals surface area (Å²) < 4.78 is 5.34. The van der Waals surface area contributed by atoms with Crippen LogP contribution in [0, 0.1) is 0 Å². The molecular formula is C10H11Cl2NO2. The molecule has 0 fully saturated rings. The third-order valence-electron chi connectivity index (χ3n) is 1.63. The summed E-state index contributed by atoms with van der Waals surface area (Å²) in [6.07, 6.45) is 0. The highest BCUT2D eigenvalue weighted by atomic mass is 35.5. The third kappa shape index (κ3) is 4.40. The monoisotopic (exact) mass is 247 g/mol. The van der Waals surface area contributed by atoms with E-state index in [1.54, 1.807) is 18.2 Å². The van der Waals surface area contributed by atoms with Crippen molar-refractivity contribution in [2.75, 3.05) is 13.2 Å². The minimum absolute atomic E-state index is 0.0872. The molecule has 0 aliphatic carbocycles. The van der Waals surface area contributed by atoms with E-state index < -0.39 is 0 Å². The molecule has 1 amide bonds. The molecule has 0 heterocycles. The van der Waals surface area contributed by atoms with Crippen LogP contribution in [0.2, 0.25) is 10.0 Å². The molecule has 5 heteroatoms. The fraction of sp³-hybridized carbons (Fsp3) is 0.300. The highest BCUT2D eigenvalue weighted by Gasteiger charge is 2.02. The first-order valence-corrected chi connectivity index (χ1v) is 5.17. The molecular weight excluding hydrogens is 237 g/mol. The number of benzene rings is 1. The minimum Gasteiger partial charge on any atom is -0.490 e. The quantitative estimate of drug-likeness (QED) is 0.831. The van der Waals surface area contributed by atoms with Gasteiger partial charge in [0.25, 0.3) is 0 Å². The Morgan fingerprint density at radius 2 is 2.20 bits per heavy atom. The first kappa shape index (κ1) is 12.1. The number of amides is 1. The van der Waals surface area contributed by atoms with Gasteiger partial charge in [0, 0.05) is 18.0 Å². The lowest BCUT2D eigenvalue weighted by molar-refractivity contribution is -0.119. The van der Waals surface area contributed by atoms with Gasteiger partial charge < -0.3 is 10.1 Å². The predicted octanol–water partition coefficient (Wildman–Crippen LogP) is 2.51. The summed E-state index contributed by atoms with van der Waals surface area (Å²) >= 11 is 11.6. The molecule has 0 saturated carbocycles. The van der Waals surface area contributed by atoms with E-state index in [9.17, 15) is 4.79 Å². The topological polar surface area (TPSA) is 38.3 Å². The van der Waals surface area contributed by atoms with Crippen molar-refractivity contribution in [1.82, 2.24) is 5.32 Å². The molecule has 0 aliphatic heterocycles. The molecule has 1 aromatic rings. The van der Waals surface area contributed by atoms with Crippen LogP contribution in [0.1, 0.15) is 6.92 Å². The molecule has 0 bridgehead atoms. The van der Waals surface area contributed by atoms with Crippen LogP contribution in [0.3, 0.4) is 0 Å². The summed E-state index contributed by atoms with van der Waals surface area (Å²) in [5.41, 5.74) is 0. The lowest BCUT2D eigenvalue weighted by atomic mass is 10.3. The van der Waals surface area contributed by atoms with Crippen LogP contribution in [0.25, 0.3) is 0 Å². The van der Waals surface area contributed by atoms with Gasteiger partial charge in [-0.25, -0.2) is 0 Å². The molecule has 3 nitrogen and oxygen atoms in total. The molecule has 1 N–H and O–H groups in total. The van der Waals surface area contributed by atoms with Crippen LogP contribution in [-0.4, -0.2) is 19.1 Å². The zero-order valence-electron chi connectivity index (χ0n) is 8.22. The van der Waals surface area contributed by atoms with E-state index in [-0.39, 0.29) is 5.91 Å². The summed E-state index contributed by atoms with van der Waals surface area (Å²) in [6.45, 7) is 2.25. The van der Waals surface area contributed by atoms with Crippen molar-refractivity contribution in [2.45, 2.75) is 6.92 Å². The van der Waals surface area contributed by atoms with E-state index >= 15 is 0 Å². The van der Waals surface area contributed by atoms with E-state index in [1.807, 2.05) is 0 Å². The molecule has 0 aliphatic rings. The SMILES string of the molecule is CC(=O)NCCOc1cc(Cl)ccc1Cl. The van der Waals surface area contributed by atoms with E-state index in [2.05, 4.69) is 5.32 Å². The van der Waals surface area contributed by atoms with Gasteiger partial charge in [0.05, 0.1) is 11.6 Å². The fourth-order valence-corrected chi connectivity index (χ4v) is 1.31. The van der Waals surface area contributed by atoms with Crippen molar-refractivity contribution < 1.29 is 9.53 Å². The largest absolute Gasteiger partial charge is 0.490 e. The molecule has 0 spiro atoms. The molecule has 0 aromatic heterocycles. The Balaban J connectivity index is 2.43. The predicted molar refractivity (Wildman–Crippen MR) is 60.6 cm³/mol. The minimum atomic E-state index is -0.0872. The van der Waals surface area contributed by atoms with Crippen molar-refractivity contribution in [3.63, 3.8) is 0 Å². The normalized spacial score (nSPS) is 9.80. The number of hydrogen-bond donors (Lipinski definition) is 1. The first-order valence-electron chi connectivity index (χ1n) is 4.42. The fourth-order valence-electron chi connectivity index (χ4n) is 0.976. The molecule has 15 heavy (non-hydrogen) atoms. The van der Waals surface area contributed by atoms with E-state index in [0.717, 1.165) is 0 Å². The second-order valence-corrected chi connectivity index (χ2v) is 3.75. The molecule has 0 saturated heterocycles. The van der Waals surface area contributed by atoms with Crippen LogP contribution < -0.4 is 10.1 Å². The second-order valence-electron chi connectivity index (χ2n) is 2.91. The maximum absolute atomic E-state index is 10.6. The van der Waals surface area contributed by atoms with Crippen molar-refractivity contribution in [2.24, 2.45) is 0 Å². The highest BCUT2D eigenvalue weighted by Crippen LogP contribution is 2.27. The average molecular weight is 248 g/mol. The molecule has 1 rings (SSSR count). The number of rotatable bonds is 4. The van der Waals surface area contributed by atoms with E-state index in [1.165, 1.54) is 6.92 Å². The van der Waals surface area contributed by atoms with Crippen molar-refractivity contribution in [3.8, 4) is 5.75 Å². The third-order valence-corrected chi connectivity index (χ3v) is 2.17. The summed E-state index contributed by atoms with van der Waals surface area (Å²) in [7, 11) is 0. The van der Waals surface area contributed by atoms with Gasteiger partial charge in [0.1, 0.15) is 12.4 Å². The van der Waals surface area contributed by atoms with Crippen molar-refractivity contribution in [1.29, 1.82) is 0 Å². The van der Waals surface area contributed by atoms with Crippen LogP contribution in [-0.2, 0) is 4.79 Å². The van der Waals surface area contributed by atoms with Crippen LogP contribution in [0.5, 0.6) is 5.75 Å². The van der Waals surface area contributed by atoms with E-state index in [4.69, 9.17) is 27.9 Å². The number of halogens is 2. The maximum atomic E-state index is 10.6. The van der Waals surface area contributed by atoms with Crippen molar-refractivity contribution in [3.05, 3.63) is 28.2 Å². The Hall–Kier alpha value is -0.930. The van der Waals surface area contributed by atoms with Crippen LogP contribution in [0.15, 0.2) is 18.2 Å². The van der Waals surface area contributed by atoms with Gasteiger partial charge in [-0.1, -0.05) is 23.2 Å². The number of ether oxygens (including phenoxy) is 1. The zero-order chi connectivity index (χ0) is 11.3. The molecule has 0 unspecified atom stereocenters. The van der Waals surface area contributed by atoms with Gasteiger partial charge in [-0.05, 0) is 12.1 Å². The lowest BCUT2D eigenvalue weighted by Gasteiger charge is -2.08. The Morgan fingerprint density at radius 1 is 1.47 bits per heavy atom. The average Bonchev–Trinajstić information content (AvgIpc) is 2.17. The second kappa shape index (κ2) is 5.83. The Bertz CT molecular complexity index is 355. The Kier molecular flexibility index (Phi) is 4.72. The van der Waals surface area contributed by atoms with Gasteiger partial charge in [0.15, 0.2) is 0 Å². The number of carbonyl (C=O) groups is 1. The van der Waals surface area contributed by atoms with E-state index in [0.29, 0.717) is 28.9 Å². The van der Waals surface area contributed by atoms with Gasteiger partial charge in [-0.3, -0.25) is 4.79 Å². The molecule has 1 aromatic carbocycles. The van der Waals surface area contributed by atoms with Gasteiger partial charge in [-0.2, -0.15) is 0 Å². The van der Waals surface area contributed by atoms with Gasteiger partial charge >= 0.3 is 0 Å². The molecule has 0 radical (unpaired) electrons. The summed E-state index contributed by atoms with van der Waals surface area (Å²) in [5, 5.41) is 3.68. The molecule has 82 valence electrons. The Labute approximate surface area is 98.3 Å². The Morgan fingerprint density at radius 3 is 2.87 bits per heavy atom.